The zero-order valence-corrected chi connectivity index (χ0v) is 12.9. The zero-order valence-electron chi connectivity index (χ0n) is 12.1. The molecule has 2 aromatic carbocycles. The standard InChI is InChI=1S/C15H11N3O5S/c19-15(16-10-5-7-11(8-6-10)18(20)21)9-13-12-3-1-2-4-14(12)24(22,23)17-13/h1-9,17H,(H,16,19). The molecule has 9 heteroatoms. The molecule has 1 amide bonds. The summed E-state index contributed by atoms with van der Waals surface area (Å²) in [7, 11) is -3.66. The number of benzene rings is 2. The van der Waals surface area contributed by atoms with Crippen molar-refractivity contribution >= 4 is 33.0 Å². The molecule has 2 aromatic rings. The number of nitro groups is 1. The summed E-state index contributed by atoms with van der Waals surface area (Å²) in [5, 5.41) is 13.1. The molecule has 0 unspecified atom stereocenters. The number of sulfonamides is 1. The van der Waals surface area contributed by atoms with Crippen molar-refractivity contribution in [2.45, 2.75) is 4.90 Å². The number of fused-ring (bicyclic) bond motifs is 1. The van der Waals surface area contributed by atoms with Gasteiger partial charge in [-0.05, 0) is 18.2 Å². The second-order valence-corrected chi connectivity index (χ2v) is 6.60. The van der Waals surface area contributed by atoms with Crippen LogP contribution in [0.1, 0.15) is 5.56 Å². The molecule has 1 aliphatic heterocycles. The maximum Gasteiger partial charge on any atom is 0.269 e. The summed E-state index contributed by atoms with van der Waals surface area (Å²) in [6, 6.07) is 11.6. The molecule has 24 heavy (non-hydrogen) atoms. The molecule has 0 aromatic heterocycles. The molecule has 2 N–H and O–H groups in total. The van der Waals surface area contributed by atoms with Gasteiger partial charge in [0.05, 0.1) is 15.5 Å². The van der Waals surface area contributed by atoms with Crippen molar-refractivity contribution in [2.75, 3.05) is 5.32 Å². The lowest BCUT2D eigenvalue weighted by Crippen LogP contribution is -2.16. The topological polar surface area (TPSA) is 118 Å². The van der Waals surface area contributed by atoms with E-state index >= 15 is 0 Å². The van der Waals surface area contributed by atoms with Gasteiger partial charge in [-0.2, -0.15) is 0 Å². The molecule has 0 saturated heterocycles. The van der Waals surface area contributed by atoms with Gasteiger partial charge in [-0.25, -0.2) is 8.42 Å². The zero-order chi connectivity index (χ0) is 17.3. The molecule has 0 radical (unpaired) electrons. The van der Waals surface area contributed by atoms with E-state index in [1.54, 1.807) is 18.2 Å². The summed E-state index contributed by atoms with van der Waals surface area (Å²) in [5.41, 5.74) is 0.849. The van der Waals surface area contributed by atoms with E-state index in [2.05, 4.69) is 10.0 Å². The molecular weight excluding hydrogens is 334 g/mol. The molecular formula is C15H11N3O5S. The van der Waals surface area contributed by atoms with Crippen LogP contribution < -0.4 is 10.0 Å². The molecule has 0 spiro atoms. The van der Waals surface area contributed by atoms with Gasteiger partial charge in [0, 0.05) is 29.5 Å². The number of rotatable bonds is 3. The predicted octanol–water partition coefficient (Wildman–Crippen LogP) is 1.87. The third-order valence-electron chi connectivity index (χ3n) is 3.33. The summed E-state index contributed by atoms with van der Waals surface area (Å²) < 4.78 is 26.2. The van der Waals surface area contributed by atoms with Crippen molar-refractivity contribution in [3.05, 3.63) is 70.3 Å². The first kappa shape index (κ1) is 15.7. The normalized spacial score (nSPS) is 16.2. The average molecular weight is 345 g/mol. The quantitative estimate of drug-likeness (QED) is 0.500. The van der Waals surface area contributed by atoms with Gasteiger partial charge in [0.15, 0.2) is 0 Å². The minimum Gasteiger partial charge on any atom is -0.322 e. The van der Waals surface area contributed by atoms with Crippen LogP contribution in [0.4, 0.5) is 11.4 Å². The van der Waals surface area contributed by atoms with Gasteiger partial charge >= 0.3 is 0 Å². The summed E-state index contributed by atoms with van der Waals surface area (Å²) in [4.78, 5) is 22.2. The number of nitro benzene ring substituents is 1. The largest absolute Gasteiger partial charge is 0.322 e. The van der Waals surface area contributed by atoms with Crippen molar-refractivity contribution in [1.29, 1.82) is 0 Å². The highest BCUT2D eigenvalue weighted by Crippen LogP contribution is 2.29. The van der Waals surface area contributed by atoms with Gasteiger partial charge in [0.1, 0.15) is 0 Å². The third-order valence-corrected chi connectivity index (χ3v) is 4.76. The van der Waals surface area contributed by atoms with Crippen LogP contribution in [0.5, 0.6) is 0 Å². The van der Waals surface area contributed by atoms with E-state index in [1.165, 1.54) is 30.3 Å². The highest BCUT2D eigenvalue weighted by Gasteiger charge is 2.29. The maximum atomic E-state index is 12.1. The monoisotopic (exact) mass is 345 g/mol. The first-order chi connectivity index (χ1) is 11.4. The molecule has 0 aliphatic carbocycles. The van der Waals surface area contributed by atoms with E-state index in [-0.39, 0.29) is 16.3 Å². The fourth-order valence-electron chi connectivity index (χ4n) is 2.26. The lowest BCUT2D eigenvalue weighted by molar-refractivity contribution is -0.384. The number of non-ortho nitro benzene ring substituents is 1. The summed E-state index contributed by atoms with van der Waals surface area (Å²) in [6.45, 7) is 0. The van der Waals surface area contributed by atoms with Crippen LogP contribution in [0.25, 0.3) is 5.70 Å². The van der Waals surface area contributed by atoms with Gasteiger partial charge in [-0.1, -0.05) is 18.2 Å². The van der Waals surface area contributed by atoms with E-state index in [0.29, 0.717) is 11.3 Å². The minimum atomic E-state index is -3.66. The van der Waals surface area contributed by atoms with Crippen LogP contribution in [0.15, 0.2) is 59.5 Å². The molecule has 8 nitrogen and oxygen atoms in total. The molecule has 1 aliphatic rings. The molecule has 0 saturated carbocycles. The lowest BCUT2D eigenvalue weighted by atomic mass is 10.1. The maximum absolute atomic E-state index is 12.1. The van der Waals surface area contributed by atoms with Gasteiger partial charge in [0.2, 0.25) is 5.91 Å². The fourth-order valence-corrected chi connectivity index (χ4v) is 3.55. The Morgan fingerprint density at radius 1 is 1.12 bits per heavy atom. The molecule has 3 rings (SSSR count). The number of hydrogen-bond donors (Lipinski definition) is 2. The highest BCUT2D eigenvalue weighted by molar-refractivity contribution is 7.90. The Kier molecular flexibility index (Phi) is 3.78. The molecule has 1 heterocycles. The molecule has 0 bridgehead atoms. The third kappa shape index (κ3) is 2.97. The Labute approximate surface area is 137 Å². The first-order valence-electron chi connectivity index (χ1n) is 6.76. The lowest BCUT2D eigenvalue weighted by Gasteiger charge is -2.03. The summed E-state index contributed by atoms with van der Waals surface area (Å²) in [6.07, 6.45) is 1.13. The SMILES string of the molecule is O=C(C=C1NS(=O)(=O)c2ccccc21)Nc1ccc([N+](=O)[O-])cc1. The van der Waals surface area contributed by atoms with Crippen LogP contribution >= 0.6 is 0 Å². The van der Waals surface area contributed by atoms with Crippen molar-refractivity contribution in [3.8, 4) is 0 Å². The number of nitrogens with one attached hydrogen (secondary N) is 2. The molecule has 0 atom stereocenters. The smallest absolute Gasteiger partial charge is 0.269 e. The second kappa shape index (κ2) is 5.78. The first-order valence-corrected chi connectivity index (χ1v) is 8.24. The fraction of sp³-hybridized carbons (Fsp3) is 0. The molecule has 0 fully saturated rings. The van der Waals surface area contributed by atoms with E-state index in [0.717, 1.165) is 6.08 Å². The second-order valence-electron chi connectivity index (χ2n) is 4.95. The average Bonchev–Trinajstić information content (AvgIpc) is 2.79. The Bertz CT molecular complexity index is 965. The Morgan fingerprint density at radius 2 is 1.79 bits per heavy atom. The number of anilines is 1. The van der Waals surface area contributed by atoms with Crippen molar-refractivity contribution < 1.29 is 18.1 Å². The Balaban J connectivity index is 1.82. The van der Waals surface area contributed by atoms with Gasteiger partial charge in [-0.15, -0.1) is 0 Å². The van der Waals surface area contributed by atoms with Crippen LogP contribution in [0, 0.1) is 10.1 Å². The van der Waals surface area contributed by atoms with Crippen LogP contribution in [0.3, 0.4) is 0 Å². The van der Waals surface area contributed by atoms with E-state index < -0.39 is 20.9 Å². The predicted molar refractivity (Wildman–Crippen MR) is 86.5 cm³/mol. The van der Waals surface area contributed by atoms with Crippen molar-refractivity contribution in [3.63, 3.8) is 0 Å². The van der Waals surface area contributed by atoms with Crippen LogP contribution in [-0.4, -0.2) is 19.2 Å². The number of carbonyl (C=O) groups is 1. The summed E-state index contributed by atoms with van der Waals surface area (Å²) in [5.74, 6) is -0.557. The Hall–Kier alpha value is -3.20. The summed E-state index contributed by atoms with van der Waals surface area (Å²) >= 11 is 0. The highest BCUT2D eigenvalue weighted by atomic mass is 32.2. The minimum absolute atomic E-state index is 0.0937. The van der Waals surface area contributed by atoms with Crippen LogP contribution in [0.2, 0.25) is 0 Å². The van der Waals surface area contributed by atoms with Crippen LogP contribution in [-0.2, 0) is 14.8 Å². The van der Waals surface area contributed by atoms with Crippen molar-refractivity contribution in [2.24, 2.45) is 0 Å². The number of carbonyl (C=O) groups excluding carboxylic acids is 1. The van der Waals surface area contributed by atoms with Gasteiger partial charge in [0.25, 0.3) is 15.7 Å². The van der Waals surface area contributed by atoms with Crippen molar-refractivity contribution in [1.82, 2.24) is 4.72 Å². The molecule has 122 valence electrons. The van der Waals surface area contributed by atoms with Gasteiger partial charge < -0.3 is 5.32 Å². The van der Waals surface area contributed by atoms with Gasteiger partial charge in [-0.3, -0.25) is 19.6 Å². The van der Waals surface area contributed by atoms with E-state index in [9.17, 15) is 23.3 Å². The van der Waals surface area contributed by atoms with E-state index in [4.69, 9.17) is 0 Å². The number of nitrogens with zero attached hydrogens (tertiary/aromatic N) is 1. The number of hydrogen-bond acceptors (Lipinski definition) is 5. The van der Waals surface area contributed by atoms with E-state index in [1.807, 2.05) is 0 Å². The number of amides is 1. The Morgan fingerprint density at radius 3 is 2.46 bits per heavy atom.